The van der Waals surface area contributed by atoms with Crippen LogP contribution in [0.5, 0.6) is 0 Å². The zero-order valence-corrected chi connectivity index (χ0v) is 10.2. The number of thioether (sulfide) groups is 2. The third-order valence-electron chi connectivity index (χ3n) is 1.66. The van der Waals surface area contributed by atoms with Gasteiger partial charge in [0.15, 0.2) is 10.9 Å². The fourth-order valence-electron chi connectivity index (χ4n) is 0.959. The van der Waals surface area contributed by atoms with Gasteiger partial charge in [-0.2, -0.15) is 0 Å². The smallest absolute Gasteiger partial charge is 0.331 e. The molecule has 0 amide bonds. The molecule has 1 aliphatic heterocycles. The molecule has 0 spiro atoms. The van der Waals surface area contributed by atoms with Crippen molar-refractivity contribution in [2.75, 3.05) is 11.5 Å². The van der Waals surface area contributed by atoms with E-state index in [2.05, 4.69) is 13.2 Å². The Labute approximate surface area is 102 Å². The molecular formula is C10H12O4S2. The van der Waals surface area contributed by atoms with E-state index in [9.17, 15) is 9.59 Å². The van der Waals surface area contributed by atoms with Gasteiger partial charge >= 0.3 is 11.9 Å². The fraction of sp³-hybridized carbons (Fsp3) is 0.400. The van der Waals surface area contributed by atoms with Crippen molar-refractivity contribution >= 4 is 35.5 Å². The van der Waals surface area contributed by atoms with Crippen LogP contribution in [-0.2, 0) is 19.1 Å². The highest BCUT2D eigenvalue weighted by atomic mass is 32.2. The van der Waals surface area contributed by atoms with E-state index in [0.717, 1.165) is 12.2 Å². The molecule has 1 rings (SSSR count). The average Bonchev–Trinajstić information content (AvgIpc) is 2.31. The standard InChI is InChI=1S/C10H12O4S2/c1-3-7(11)13-9-5-16-10(6-15-9)14-8(12)4-2/h3-4,9-10H,1-2,5-6H2. The van der Waals surface area contributed by atoms with E-state index in [-0.39, 0.29) is 10.9 Å². The summed E-state index contributed by atoms with van der Waals surface area (Å²) < 4.78 is 10.1. The minimum atomic E-state index is -0.431. The monoisotopic (exact) mass is 260 g/mol. The predicted molar refractivity (Wildman–Crippen MR) is 65.1 cm³/mol. The van der Waals surface area contributed by atoms with Crippen molar-refractivity contribution in [3.63, 3.8) is 0 Å². The Morgan fingerprint density at radius 1 is 1.00 bits per heavy atom. The summed E-state index contributed by atoms with van der Waals surface area (Å²) in [5.41, 5.74) is -0.400. The first-order valence-electron chi connectivity index (χ1n) is 4.55. The molecule has 0 saturated carbocycles. The zero-order chi connectivity index (χ0) is 12.0. The summed E-state index contributed by atoms with van der Waals surface area (Å²) in [6.07, 6.45) is 2.27. The zero-order valence-electron chi connectivity index (χ0n) is 8.59. The van der Waals surface area contributed by atoms with Crippen LogP contribution in [0, 0.1) is 0 Å². The van der Waals surface area contributed by atoms with Crippen LogP contribution in [0.15, 0.2) is 25.3 Å². The average molecular weight is 260 g/mol. The lowest BCUT2D eigenvalue weighted by atomic mass is 10.6. The van der Waals surface area contributed by atoms with Gasteiger partial charge in [-0.15, -0.1) is 23.5 Å². The first kappa shape index (κ1) is 13.2. The molecule has 16 heavy (non-hydrogen) atoms. The Morgan fingerprint density at radius 2 is 1.38 bits per heavy atom. The molecule has 1 fully saturated rings. The van der Waals surface area contributed by atoms with Crippen molar-refractivity contribution in [2.45, 2.75) is 10.9 Å². The second-order valence-corrected chi connectivity index (χ2v) is 5.19. The van der Waals surface area contributed by atoms with Crippen LogP contribution in [0.1, 0.15) is 0 Å². The normalized spacial score (nSPS) is 24.2. The highest BCUT2D eigenvalue weighted by molar-refractivity contribution is 8.06. The molecule has 4 nitrogen and oxygen atoms in total. The van der Waals surface area contributed by atoms with Crippen LogP contribution in [-0.4, -0.2) is 34.3 Å². The van der Waals surface area contributed by atoms with Crippen molar-refractivity contribution in [3.05, 3.63) is 25.3 Å². The van der Waals surface area contributed by atoms with Crippen LogP contribution < -0.4 is 0 Å². The summed E-state index contributed by atoms with van der Waals surface area (Å²) >= 11 is 2.89. The molecule has 0 aromatic carbocycles. The molecule has 0 radical (unpaired) electrons. The molecule has 1 aliphatic rings. The van der Waals surface area contributed by atoms with E-state index in [1.54, 1.807) is 0 Å². The summed E-state index contributed by atoms with van der Waals surface area (Å²) in [5, 5.41) is 0. The molecule has 2 atom stereocenters. The first-order valence-corrected chi connectivity index (χ1v) is 6.64. The van der Waals surface area contributed by atoms with Crippen molar-refractivity contribution in [1.82, 2.24) is 0 Å². The van der Waals surface area contributed by atoms with Crippen LogP contribution in [0.2, 0.25) is 0 Å². The van der Waals surface area contributed by atoms with Crippen LogP contribution in [0.25, 0.3) is 0 Å². The maximum absolute atomic E-state index is 10.9. The number of carbonyl (C=O) groups is 2. The molecule has 0 bridgehead atoms. The van der Waals surface area contributed by atoms with E-state index in [0.29, 0.717) is 11.5 Å². The maximum Gasteiger partial charge on any atom is 0.331 e. The van der Waals surface area contributed by atoms with Crippen LogP contribution in [0.3, 0.4) is 0 Å². The minimum absolute atomic E-state index is 0.200. The van der Waals surface area contributed by atoms with Crippen LogP contribution >= 0.6 is 23.5 Å². The highest BCUT2D eigenvalue weighted by Gasteiger charge is 2.26. The van der Waals surface area contributed by atoms with Gasteiger partial charge in [-0.05, 0) is 0 Å². The molecule has 0 aromatic heterocycles. The van der Waals surface area contributed by atoms with E-state index in [1.807, 2.05) is 0 Å². The van der Waals surface area contributed by atoms with E-state index >= 15 is 0 Å². The highest BCUT2D eigenvalue weighted by Crippen LogP contribution is 2.31. The lowest BCUT2D eigenvalue weighted by molar-refractivity contribution is -0.140. The van der Waals surface area contributed by atoms with Gasteiger partial charge in [0.2, 0.25) is 0 Å². The first-order chi connectivity index (χ1) is 7.65. The summed E-state index contributed by atoms with van der Waals surface area (Å²) in [4.78, 5) is 21.8. The lowest BCUT2D eigenvalue weighted by Gasteiger charge is -2.26. The van der Waals surface area contributed by atoms with Crippen molar-refractivity contribution in [2.24, 2.45) is 0 Å². The lowest BCUT2D eigenvalue weighted by Crippen LogP contribution is -2.28. The van der Waals surface area contributed by atoms with Crippen molar-refractivity contribution in [1.29, 1.82) is 0 Å². The summed E-state index contributed by atoms with van der Waals surface area (Å²) in [5.74, 6) is 0.331. The SMILES string of the molecule is C=CC(=O)OC1CSC(OC(=O)C=C)CS1. The third kappa shape index (κ3) is 4.32. The Balaban J connectivity index is 2.28. The maximum atomic E-state index is 10.9. The molecule has 0 N–H and O–H groups in total. The molecule has 6 heteroatoms. The van der Waals surface area contributed by atoms with Crippen LogP contribution in [0.4, 0.5) is 0 Å². The number of rotatable bonds is 4. The fourth-order valence-corrected chi connectivity index (χ4v) is 3.41. The van der Waals surface area contributed by atoms with Gasteiger partial charge < -0.3 is 9.47 Å². The van der Waals surface area contributed by atoms with Gasteiger partial charge in [-0.1, -0.05) is 13.2 Å². The number of hydrogen-bond donors (Lipinski definition) is 0. The molecule has 0 aliphatic carbocycles. The predicted octanol–water partition coefficient (Wildman–Crippen LogP) is 1.58. The third-order valence-corrected chi connectivity index (χ3v) is 4.35. The van der Waals surface area contributed by atoms with Gasteiger partial charge in [0.05, 0.1) is 0 Å². The largest absolute Gasteiger partial charge is 0.447 e. The quantitative estimate of drug-likeness (QED) is 0.565. The van der Waals surface area contributed by atoms with Gasteiger partial charge in [0, 0.05) is 23.7 Å². The van der Waals surface area contributed by atoms with Gasteiger partial charge in [0.25, 0.3) is 0 Å². The Bertz CT molecular complexity index is 265. The molecule has 2 unspecified atom stereocenters. The molecule has 1 heterocycles. The van der Waals surface area contributed by atoms with Gasteiger partial charge in [-0.25, -0.2) is 9.59 Å². The van der Waals surface area contributed by atoms with Gasteiger partial charge in [0.1, 0.15) is 0 Å². The molecule has 0 aromatic rings. The van der Waals surface area contributed by atoms with E-state index in [4.69, 9.17) is 9.47 Å². The van der Waals surface area contributed by atoms with Crippen molar-refractivity contribution in [3.8, 4) is 0 Å². The molecule has 88 valence electrons. The Morgan fingerprint density at radius 3 is 1.62 bits per heavy atom. The number of esters is 2. The Kier molecular flexibility index (Phi) is 5.48. The van der Waals surface area contributed by atoms with E-state index in [1.165, 1.54) is 23.5 Å². The Hall–Kier alpha value is -0.880. The van der Waals surface area contributed by atoms with Crippen molar-refractivity contribution < 1.29 is 19.1 Å². The summed E-state index contributed by atoms with van der Waals surface area (Å²) in [6.45, 7) is 6.64. The van der Waals surface area contributed by atoms with E-state index < -0.39 is 11.9 Å². The summed E-state index contributed by atoms with van der Waals surface area (Å²) in [7, 11) is 0. The second-order valence-electron chi connectivity index (χ2n) is 2.81. The second kappa shape index (κ2) is 6.65. The number of carbonyl (C=O) groups excluding carboxylic acids is 2. The molecular weight excluding hydrogens is 248 g/mol. The summed E-state index contributed by atoms with van der Waals surface area (Å²) in [6, 6.07) is 0. The number of hydrogen-bond acceptors (Lipinski definition) is 6. The minimum Gasteiger partial charge on any atom is -0.447 e. The molecule has 1 saturated heterocycles. The topological polar surface area (TPSA) is 52.6 Å². The number of ether oxygens (including phenoxy) is 2. The van der Waals surface area contributed by atoms with Gasteiger partial charge in [-0.3, -0.25) is 0 Å².